The van der Waals surface area contributed by atoms with E-state index in [0.29, 0.717) is 17.9 Å². The lowest BCUT2D eigenvalue weighted by Crippen LogP contribution is -2.51. The van der Waals surface area contributed by atoms with E-state index < -0.39 is 6.04 Å². The number of carbonyl (C=O) groups is 2. The first kappa shape index (κ1) is 24.7. The minimum Gasteiger partial charge on any atom is -0.497 e. The summed E-state index contributed by atoms with van der Waals surface area (Å²) in [5.41, 5.74) is 1.89. The number of rotatable bonds is 10. The third-order valence-corrected chi connectivity index (χ3v) is 5.69. The topological polar surface area (TPSA) is 67.9 Å². The Morgan fingerprint density at radius 2 is 1.87 bits per heavy atom. The second kappa shape index (κ2) is 11.7. The maximum atomic E-state index is 13.2. The van der Waals surface area contributed by atoms with Crippen molar-refractivity contribution in [3.63, 3.8) is 0 Å². The van der Waals surface area contributed by atoms with Crippen LogP contribution >= 0.6 is 15.9 Å². The number of ether oxygens (including phenoxy) is 2. The fraction of sp³-hybridized carbons (Fsp3) is 0.417. The molecule has 0 saturated carbocycles. The van der Waals surface area contributed by atoms with Gasteiger partial charge in [-0.15, -0.1) is 0 Å². The van der Waals surface area contributed by atoms with Gasteiger partial charge < -0.3 is 19.7 Å². The maximum Gasteiger partial charge on any atom is 0.261 e. The number of benzene rings is 2. The maximum absolute atomic E-state index is 13.2. The number of hydrogen-bond donors (Lipinski definition) is 1. The van der Waals surface area contributed by atoms with Crippen molar-refractivity contribution in [2.24, 2.45) is 0 Å². The van der Waals surface area contributed by atoms with E-state index in [2.05, 4.69) is 21.2 Å². The molecule has 0 fully saturated rings. The highest BCUT2D eigenvalue weighted by Gasteiger charge is 2.29. The van der Waals surface area contributed by atoms with Crippen molar-refractivity contribution >= 4 is 27.7 Å². The van der Waals surface area contributed by atoms with Crippen LogP contribution in [0.15, 0.2) is 46.9 Å². The van der Waals surface area contributed by atoms with Gasteiger partial charge in [-0.2, -0.15) is 0 Å². The van der Waals surface area contributed by atoms with Gasteiger partial charge in [-0.1, -0.05) is 35.0 Å². The van der Waals surface area contributed by atoms with Crippen molar-refractivity contribution in [3.8, 4) is 11.5 Å². The van der Waals surface area contributed by atoms with Crippen LogP contribution in [0.4, 0.5) is 0 Å². The molecule has 6 nitrogen and oxygen atoms in total. The molecule has 2 aromatic rings. The molecule has 2 aromatic carbocycles. The molecule has 0 aromatic heterocycles. The molecule has 1 N–H and O–H groups in total. The van der Waals surface area contributed by atoms with Gasteiger partial charge in [0, 0.05) is 17.1 Å². The third kappa shape index (κ3) is 7.28. The Kier molecular flexibility index (Phi) is 9.37. The van der Waals surface area contributed by atoms with Crippen molar-refractivity contribution in [3.05, 3.63) is 58.1 Å². The van der Waals surface area contributed by atoms with Crippen LogP contribution < -0.4 is 14.8 Å². The van der Waals surface area contributed by atoms with Crippen LogP contribution in [-0.2, 0) is 16.1 Å². The van der Waals surface area contributed by atoms with E-state index in [1.54, 1.807) is 18.1 Å². The van der Waals surface area contributed by atoms with Gasteiger partial charge in [-0.25, -0.2) is 0 Å². The highest BCUT2D eigenvalue weighted by molar-refractivity contribution is 9.10. The summed E-state index contributed by atoms with van der Waals surface area (Å²) in [4.78, 5) is 27.6. The number of amides is 2. The van der Waals surface area contributed by atoms with Crippen LogP contribution in [0, 0.1) is 6.92 Å². The summed E-state index contributed by atoms with van der Waals surface area (Å²) >= 11 is 3.46. The Balaban J connectivity index is 2.24. The summed E-state index contributed by atoms with van der Waals surface area (Å²) in [6.07, 6.45) is 0.492. The van der Waals surface area contributed by atoms with Crippen LogP contribution in [0.5, 0.6) is 11.5 Å². The fourth-order valence-corrected chi connectivity index (χ4v) is 3.45. The van der Waals surface area contributed by atoms with Crippen LogP contribution in [0.25, 0.3) is 0 Å². The zero-order valence-corrected chi connectivity index (χ0v) is 20.4. The van der Waals surface area contributed by atoms with E-state index >= 15 is 0 Å². The minimum absolute atomic E-state index is 0.0164. The van der Waals surface area contributed by atoms with Gasteiger partial charge in [0.1, 0.15) is 17.5 Å². The largest absolute Gasteiger partial charge is 0.497 e. The quantitative estimate of drug-likeness (QED) is 0.533. The molecular formula is C24H31BrN2O4. The van der Waals surface area contributed by atoms with Gasteiger partial charge in [-0.3, -0.25) is 9.59 Å². The SMILES string of the molecule is CC[C@H](C(=O)NC(C)C)N(Cc1cccc(OC)c1)C(=O)COc1ccc(Br)c(C)c1. The first-order valence-electron chi connectivity index (χ1n) is 10.4. The molecule has 0 heterocycles. The fourth-order valence-electron chi connectivity index (χ4n) is 3.20. The van der Waals surface area contributed by atoms with Gasteiger partial charge in [0.15, 0.2) is 6.61 Å². The first-order chi connectivity index (χ1) is 14.7. The summed E-state index contributed by atoms with van der Waals surface area (Å²) in [5.74, 6) is 0.878. The molecule has 0 saturated heterocycles. The summed E-state index contributed by atoms with van der Waals surface area (Å²) in [5, 5.41) is 2.92. The van der Waals surface area contributed by atoms with Crippen molar-refractivity contribution < 1.29 is 19.1 Å². The van der Waals surface area contributed by atoms with Crippen molar-refractivity contribution in [1.29, 1.82) is 0 Å². The lowest BCUT2D eigenvalue weighted by molar-refractivity contribution is -0.143. The van der Waals surface area contributed by atoms with Gasteiger partial charge in [0.05, 0.1) is 7.11 Å². The van der Waals surface area contributed by atoms with Gasteiger partial charge in [-0.05, 0) is 68.7 Å². The number of nitrogens with zero attached hydrogens (tertiary/aromatic N) is 1. The predicted octanol–water partition coefficient (Wildman–Crippen LogP) is 4.48. The zero-order valence-electron chi connectivity index (χ0n) is 18.8. The van der Waals surface area contributed by atoms with Crippen molar-refractivity contribution in [2.45, 2.75) is 52.7 Å². The molecule has 0 aliphatic heterocycles. The molecule has 0 unspecified atom stereocenters. The van der Waals surface area contributed by atoms with Crippen LogP contribution in [-0.4, -0.2) is 42.5 Å². The zero-order chi connectivity index (χ0) is 23.0. The molecule has 0 aliphatic carbocycles. The summed E-state index contributed by atoms with van der Waals surface area (Å²) < 4.78 is 12.0. The van der Waals surface area contributed by atoms with Gasteiger partial charge >= 0.3 is 0 Å². The monoisotopic (exact) mass is 490 g/mol. The van der Waals surface area contributed by atoms with Gasteiger partial charge in [0.25, 0.3) is 5.91 Å². The molecule has 168 valence electrons. The van der Waals surface area contributed by atoms with E-state index in [4.69, 9.17) is 9.47 Å². The highest BCUT2D eigenvalue weighted by Crippen LogP contribution is 2.22. The molecule has 2 rings (SSSR count). The molecule has 0 radical (unpaired) electrons. The Morgan fingerprint density at radius 1 is 1.13 bits per heavy atom. The van der Waals surface area contributed by atoms with Crippen molar-refractivity contribution in [2.75, 3.05) is 13.7 Å². The number of aryl methyl sites for hydroxylation is 1. The number of carbonyl (C=O) groups excluding carboxylic acids is 2. The van der Waals surface area contributed by atoms with Crippen LogP contribution in [0.1, 0.15) is 38.3 Å². The summed E-state index contributed by atoms with van der Waals surface area (Å²) in [6, 6.07) is 12.4. The molecule has 0 aliphatic rings. The number of hydrogen-bond acceptors (Lipinski definition) is 4. The van der Waals surface area contributed by atoms with E-state index in [9.17, 15) is 9.59 Å². The molecule has 0 bridgehead atoms. The molecule has 1 atom stereocenters. The molecule has 2 amide bonds. The van der Waals surface area contributed by atoms with E-state index in [0.717, 1.165) is 15.6 Å². The van der Waals surface area contributed by atoms with Crippen molar-refractivity contribution in [1.82, 2.24) is 10.2 Å². The third-order valence-electron chi connectivity index (χ3n) is 4.80. The second-order valence-corrected chi connectivity index (χ2v) is 8.51. The minimum atomic E-state index is -0.601. The normalized spacial score (nSPS) is 11.7. The average Bonchev–Trinajstić information content (AvgIpc) is 2.73. The average molecular weight is 491 g/mol. The first-order valence-corrected chi connectivity index (χ1v) is 11.2. The highest BCUT2D eigenvalue weighted by atomic mass is 79.9. The molecule has 31 heavy (non-hydrogen) atoms. The standard InChI is InChI=1S/C24H31BrN2O4/c1-6-22(24(29)26-16(2)3)27(14-18-8-7-9-19(13-18)30-5)23(28)15-31-20-10-11-21(25)17(4)12-20/h7-13,16,22H,6,14-15H2,1-5H3,(H,26,29)/t22-/m1/s1. The van der Waals surface area contributed by atoms with E-state index in [1.165, 1.54) is 0 Å². The Hall–Kier alpha value is -2.54. The molecule has 7 heteroatoms. The molecule has 0 spiro atoms. The number of methoxy groups -OCH3 is 1. The summed E-state index contributed by atoms with van der Waals surface area (Å²) in [6.45, 7) is 7.78. The van der Waals surface area contributed by atoms with E-state index in [-0.39, 0.29) is 31.0 Å². The number of nitrogens with one attached hydrogen (secondary N) is 1. The Labute approximate surface area is 193 Å². The second-order valence-electron chi connectivity index (χ2n) is 7.66. The lowest BCUT2D eigenvalue weighted by Gasteiger charge is -2.31. The van der Waals surface area contributed by atoms with E-state index in [1.807, 2.05) is 64.1 Å². The Bertz CT molecular complexity index is 901. The van der Waals surface area contributed by atoms with Crippen LogP contribution in [0.3, 0.4) is 0 Å². The summed E-state index contributed by atoms with van der Waals surface area (Å²) in [7, 11) is 1.60. The van der Waals surface area contributed by atoms with Crippen LogP contribution in [0.2, 0.25) is 0 Å². The van der Waals surface area contributed by atoms with Gasteiger partial charge in [0.2, 0.25) is 5.91 Å². The predicted molar refractivity (Wildman–Crippen MR) is 125 cm³/mol. The smallest absolute Gasteiger partial charge is 0.261 e. The lowest BCUT2D eigenvalue weighted by atomic mass is 10.1. The Morgan fingerprint density at radius 3 is 2.48 bits per heavy atom. The molecular weight excluding hydrogens is 460 g/mol. The number of halogens is 1.